The SMILES string of the molecule is Nc1ncnc2c1ncn2[C@@H]1O[C@@H](COP(=O)(O)CP(=O)(O)O)[C@@H](O)[C@@H]1O. The number of hydrogen-bond acceptors (Lipinski definition) is 10. The number of anilines is 1. The lowest BCUT2D eigenvalue weighted by Crippen LogP contribution is -2.33. The zero-order valence-corrected chi connectivity index (χ0v) is 15.3. The normalized spacial score (nSPS) is 28.5. The summed E-state index contributed by atoms with van der Waals surface area (Å²) < 4.78 is 33.9. The summed E-state index contributed by atoms with van der Waals surface area (Å²) in [6.07, 6.45) is -2.94. The Labute approximate surface area is 151 Å². The number of imidazole rings is 1. The summed E-state index contributed by atoms with van der Waals surface area (Å²) in [6, 6.07) is 0. The van der Waals surface area contributed by atoms with Gasteiger partial charge < -0.3 is 39.9 Å². The smallest absolute Gasteiger partial charge is 0.340 e. The third-order valence-electron chi connectivity index (χ3n) is 3.80. The van der Waals surface area contributed by atoms with Gasteiger partial charge in [-0.25, -0.2) is 15.0 Å². The predicted octanol–water partition coefficient (Wildman–Crippen LogP) is -1.64. The van der Waals surface area contributed by atoms with Crippen LogP contribution in [0.2, 0.25) is 0 Å². The minimum absolute atomic E-state index is 0.102. The molecule has 3 heterocycles. The summed E-state index contributed by atoms with van der Waals surface area (Å²) in [5.41, 5.74) is 6.17. The Kier molecular flexibility index (Phi) is 5.38. The van der Waals surface area contributed by atoms with Crippen LogP contribution in [0.1, 0.15) is 6.23 Å². The third kappa shape index (κ3) is 4.35. The standard InChI is InChI=1S/C11H17N5O9P2/c12-9-6-10(14-2-13-9)16(3-15-6)11-8(18)7(17)5(25-11)1-24-27(22,23)4-26(19,20)21/h2-3,5,7-8,11,17-18H,1,4H2,(H,22,23)(H2,12,13,14)(H2,19,20,21)/t5-,7+,8-,11+/m0/s1. The zero-order valence-electron chi connectivity index (χ0n) is 13.5. The number of aromatic nitrogens is 4. The molecule has 7 N–H and O–H groups in total. The lowest BCUT2D eigenvalue weighted by atomic mass is 10.1. The van der Waals surface area contributed by atoms with E-state index in [0.717, 1.165) is 0 Å². The summed E-state index contributed by atoms with van der Waals surface area (Å²) in [5.74, 6) is -1.28. The molecule has 0 aliphatic carbocycles. The maximum Gasteiger partial charge on any atom is 0.340 e. The Morgan fingerprint density at radius 2 is 1.89 bits per heavy atom. The van der Waals surface area contributed by atoms with Crippen molar-refractivity contribution in [3.8, 4) is 0 Å². The van der Waals surface area contributed by atoms with Gasteiger partial charge in [-0.05, 0) is 0 Å². The molecule has 27 heavy (non-hydrogen) atoms. The van der Waals surface area contributed by atoms with Gasteiger partial charge in [-0.15, -0.1) is 0 Å². The van der Waals surface area contributed by atoms with E-state index in [-0.39, 0.29) is 17.0 Å². The molecule has 14 nitrogen and oxygen atoms in total. The molecule has 0 aromatic carbocycles. The Morgan fingerprint density at radius 1 is 1.19 bits per heavy atom. The van der Waals surface area contributed by atoms with Crippen molar-refractivity contribution in [3.05, 3.63) is 12.7 Å². The van der Waals surface area contributed by atoms with Crippen LogP contribution in [0.5, 0.6) is 0 Å². The van der Waals surface area contributed by atoms with Crippen molar-refractivity contribution in [2.45, 2.75) is 24.5 Å². The van der Waals surface area contributed by atoms with E-state index in [2.05, 4.69) is 19.5 Å². The van der Waals surface area contributed by atoms with Crippen LogP contribution in [0.3, 0.4) is 0 Å². The summed E-state index contributed by atoms with van der Waals surface area (Å²) in [7, 11) is -9.42. The van der Waals surface area contributed by atoms with Crippen LogP contribution in [-0.2, 0) is 18.4 Å². The molecule has 0 saturated carbocycles. The monoisotopic (exact) mass is 425 g/mol. The lowest BCUT2D eigenvalue weighted by Gasteiger charge is -2.18. The van der Waals surface area contributed by atoms with Gasteiger partial charge in [-0.3, -0.25) is 13.7 Å². The number of aliphatic hydroxyl groups is 2. The van der Waals surface area contributed by atoms with E-state index in [4.69, 9.17) is 20.3 Å². The topological polar surface area (TPSA) is 223 Å². The van der Waals surface area contributed by atoms with Crippen LogP contribution in [0.4, 0.5) is 5.82 Å². The summed E-state index contributed by atoms with van der Waals surface area (Å²) in [4.78, 5) is 38.8. The summed E-state index contributed by atoms with van der Waals surface area (Å²) in [5, 5.41) is 20.3. The van der Waals surface area contributed by atoms with Gasteiger partial charge in [-0.1, -0.05) is 0 Å². The quantitative estimate of drug-likeness (QED) is 0.286. The van der Waals surface area contributed by atoms with Crippen LogP contribution in [-0.4, -0.2) is 75.2 Å². The zero-order chi connectivity index (χ0) is 20.0. The maximum absolute atomic E-state index is 11.7. The van der Waals surface area contributed by atoms with Crippen LogP contribution >= 0.6 is 15.2 Å². The number of aliphatic hydroxyl groups excluding tert-OH is 2. The van der Waals surface area contributed by atoms with Crippen molar-refractivity contribution in [1.82, 2.24) is 19.5 Å². The molecule has 16 heteroatoms. The van der Waals surface area contributed by atoms with Gasteiger partial charge in [0.25, 0.3) is 0 Å². The molecule has 1 aliphatic rings. The van der Waals surface area contributed by atoms with Gasteiger partial charge in [0.05, 0.1) is 12.9 Å². The van der Waals surface area contributed by atoms with E-state index in [1.165, 1.54) is 17.2 Å². The molecule has 2 aromatic rings. The first-order valence-corrected chi connectivity index (χ1v) is 11.0. The Balaban J connectivity index is 1.75. The van der Waals surface area contributed by atoms with Gasteiger partial charge >= 0.3 is 15.2 Å². The van der Waals surface area contributed by atoms with E-state index < -0.39 is 52.2 Å². The van der Waals surface area contributed by atoms with Crippen LogP contribution in [0, 0.1) is 0 Å². The van der Waals surface area contributed by atoms with Crippen molar-refractivity contribution < 1.29 is 43.3 Å². The largest absolute Gasteiger partial charge is 0.387 e. The molecule has 0 bridgehead atoms. The number of nitrogens with zero attached hydrogens (tertiary/aromatic N) is 4. The summed E-state index contributed by atoms with van der Waals surface area (Å²) in [6.45, 7) is -0.688. The first-order chi connectivity index (χ1) is 12.5. The Hall–Kier alpha value is -1.47. The fraction of sp³-hybridized carbons (Fsp3) is 0.545. The van der Waals surface area contributed by atoms with Crippen molar-refractivity contribution in [3.63, 3.8) is 0 Å². The molecule has 150 valence electrons. The highest BCUT2D eigenvalue weighted by Crippen LogP contribution is 2.55. The van der Waals surface area contributed by atoms with Crippen LogP contribution < -0.4 is 5.73 Å². The second kappa shape index (κ2) is 7.17. The molecule has 0 amide bonds. The molecular weight excluding hydrogens is 408 g/mol. The fourth-order valence-corrected chi connectivity index (χ4v) is 5.19. The van der Waals surface area contributed by atoms with E-state index in [1.807, 2.05) is 0 Å². The third-order valence-corrected chi connectivity index (χ3v) is 7.26. The Bertz CT molecular complexity index is 932. The first kappa shape index (κ1) is 20.3. The second-order valence-electron chi connectivity index (χ2n) is 5.87. The van der Waals surface area contributed by atoms with Crippen LogP contribution in [0.25, 0.3) is 11.2 Å². The lowest BCUT2D eigenvalue weighted by molar-refractivity contribution is -0.0483. The first-order valence-electron chi connectivity index (χ1n) is 7.44. The average molecular weight is 425 g/mol. The minimum atomic E-state index is -4.79. The molecule has 1 aliphatic heterocycles. The van der Waals surface area contributed by atoms with Gasteiger partial charge in [0, 0.05) is 0 Å². The molecule has 3 rings (SSSR count). The fourth-order valence-electron chi connectivity index (χ4n) is 2.62. The van der Waals surface area contributed by atoms with Gasteiger partial charge in [0.1, 0.15) is 30.2 Å². The molecule has 1 fully saturated rings. The molecule has 0 radical (unpaired) electrons. The number of rotatable bonds is 6. The number of nitrogen functional groups attached to an aromatic ring is 1. The Morgan fingerprint density at radius 3 is 2.56 bits per heavy atom. The summed E-state index contributed by atoms with van der Waals surface area (Å²) >= 11 is 0. The maximum atomic E-state index is 11.7. The second-order valence-corrected chi connectivity index (χ2v) is 9.86. The number of nitrogens with two attached hydrogens (primary N) is 1. The van der Waals surface area contributed by atoms with Crippen molar-refractivity contribution in [2.75, 3.05) is 18.2 Å². The van der Waals surface area contributed by atoms with E-state index in [9.17, 15) is 24.2 Å². The predicted molar refractivity (Wildman–Crippen MR) is 88.3 cm³/mol. The van der Waals surface area contributed by atoms with Gasteiger partial charge in [-0.2, -0.15) is 0 Å². The number of hydrogen-bond donors (Lipinski definition) is 6. The van der Waals surface area contributed by atoms with E-state index in [1.54, 1.807) is 0 Å². The number of ether oxygens (including phenoxy) is 1. The van der Waals surface area contributed by atoms with Crippen molar-refractivity contribution in [1.29, 1.82) is 0 Å². The average Bonchev–Trinajstić information content (AvgIpc) is 3.07. The highest BCUT2D eigenvalue weighted by Gasteiger charge is 2.45. The minimum Gasteiger partial charge on any atom is -0.387 e. The number of fused-ring (bicyclic) bond motifs is 1. The molecule has 1 saturated heterocycles. The van der Waals surface area contributed by atoms with Gasteiger partial charge in [0.15, 0.2) is 23.6 Å². The van der Waals surface area contributed by atoms with E-state index >= 15 is 0 Å². The van der Waals surface area contributed by atoms with E-state index in [0.29, 0.717) is 0 Å². The highest BCUT2D eigenvalue weighted by molar-refractivity contribution is 7.70. The molecule has 2 aromatic heterocycles. The molecule has 5 atom stereocenters. The van der Waals surface area contributed by atoms with Crippen LogP contribution in [0.15, 0.2) is 12.7 Å². The molecule has 0 spiro atoms. The molecular formula is C11H17N5O9P2. The van der Waals surface area contributed by atoms with Crippen molar-refractivity contribution >= 4 is 32.2 Å². The highest BCUT2D eigenvalue weighted by atomic mass is 31.2. The van der Waals surface area contributed by atoms with Crippen molar-refractivity contribution in [2.24, 2.45) is 0 Å². The molecule has 1 unspecified atom stereocenters. The van der Waals surface area contributed by atoms with Gasteiger partial charge in [0.2, 0.25) is 0 Å².